The number of fused-ring (bicyclic) bond motifs is 1. The van der Waals surface area contributed by atoms with Crippen LogP contribution in [0, 0.1) is 0 Å². The van der Waals surface area contributed by atoms with Crippen LogP contribution >= 0.6 is 0 Å². The second-order valence-electron chi connectivity index (χ2n) is 9.29. The second kappa shape index (κ2) is 6.66. The van der Waals surface area contributed by atoms with Crippen LogP contribution in [0.4, 0.5) is 0 Å². The lowest BCUT2D eigenvalue weighted by molar-refractivity contribution is 0.0645. The normalized spacial score (nSPS) is 23.3. The van der Waals surface area contributed by atoms with Gasteiger partial charge in [0.1, 0.15) is 5.82 Å². The Morgan fingerprint density at radius 3 is 2.71 bits per heavy atom. The van der Waals surface area contributed by atoms with E-state index in [9.17, 15) is 4.79 Å². The van der Waals surface area contributed by atoms with Crippen molar-refractivity contribution in [2.45, 2.75) is 57.9 Å². The highest BCUT2D eigenvalue weighted by Gasteiger charge is 2.46. The van der Waals surface area contributed by atoms with Gasteiger partial charge in [0.2, 0.25) is 5.82 Å². The molecule has 1 amide bonds. The van der Waals surface area contributed by atoms with Crippen LogP contribution in [0.15, 0.2) is 12.4 Å². The van der Waals surface area contributed by atoms with E-state index in [2.05, 4.69) is 43.7 Å². The maximum absolute atomic E-state index is 12.7. The average Bonchev–Trinajstić information content (AvgIpc) is 3.28. The Bertz CT molecular complexity index is 879. The Balaban J connectivity index is 1.52. The van der Waals surface area contributed by atoms with Crippen molar-refractivity contribution in [3.63, 3.8) is 0 Å². The fourth-order valence-corrected chi connectivity index (χ4v) is 4.31. The third-order valence-electron chi connectivity index (χ3n) is 5.74. The number of likely N-dealkylation sites (tertiary alicyclic amines) is 1. The summed E-state index contributed by atoms with van der Waals surface area (Å²) in [6, 6.07) is 0. The smallest absolute Gasteiger partial charge is 0.289 e. The first-order chi connectivity index (χ1) is 13.2. The molecule has 4 heterocycles. The van der Waals surface area contributed by atoms with E-state index in [-0.39, 0.29) is 17.0 Å². The number of carbonyl (C=O) groups is 1. The van der Waals surface area contributed by atoms with E-state index in [1.165, 1.54) is 5.56 Å². The fourth-order valence-electron chi connectivity index (χ4n) is 4.31. The van der Waals surface area contributed by atoms with Crippen LogP contribution in [0.3, 0.4) is 0 Å². The van der Waals surface area contributed by atoms with E-state index in [1.54, 1.807) is 0 Å². The summed E-state index contributed by atoms with van der Waals surface area (Å²) >= 11 is 0. The van der Waals surface area contributed by atoms with Gasteiger partial charge < -0.3 is 9.88 Å². The number of nitrogens with zero attached hydrogens (tertiary/aromatic N) is 7. The van der Waals surface area contributed by atoms with Gasteiger partial charge in [-0.1, -0.05) is 0 Å². The van der Waals surface area contributed by atoms with Gasteiger partial charge in [0, 0.05) is 50.5 Å². The van der Waals surface area contributed by atoms with Gasteiger partial charge in [-0.25, -0.2) is 0 Å². The predicted molar refractivity (Wildman–Crippen MR) is 105 cm³/mol. The highest BCUT2D eigenvalue weighted by atomic mass is 16.2. The lowest BCUT2D eigenvalue weighted by Crippen LogP contribution is -2.55. The van der Waals surface area contributed by atoms with Gasteiger partial charge in [-0.3, -0.25) is 19.3 Å². The van der Waals surface area contributed by atoms with Crippen molar-refractivity contribution >= 4 is 5.91 Å². The van der Waals surface area contributed by atoms with Gasteiger partial charge >= 0.3 is 0 Å². The topological polar surface area (TPSA) is 84.1 Å². The molecule has 28 heavy (non-hydrogen) atoms. The molecule has 1 fully saturated rings. The molecule has 0 aliphatic carbocycles. The van der Waals surface area contributed by atoms with Crippen LogP contribution in [0.2, 0.25) is 0 Å². The molecule has 2 aliphatic rings. The van der Waals surface area contributed by atoms with E-state index in [0.29, 0.717) is 12.4 Å². The van der Waals surface area contributed by atoms with Gasteiger partial charge in [0.25, 0.3) is 5.91 Å². The Labute approximate surface area is 165 Å². The van der Waals surface area contributed by atoms with Crippen LogP contribution < -0.4 is 5.32 Å². The zero-order chi connectivity index (χ0) is 20.1. The maximum Gasteiger partial charge on any atom is 0.289 e. The fraction of sp³-hybridized carbons (Fsp3) is 0.684. The highest BCUT2D eigenvalue weighted by Crippen LogP contribution is 2.34. The van der Waals surface area contributed by atoms with Crippen molar-refractivity contribution in [2.75, 3.05) is 20.1 Å². The molecule has 0 aromatic carbocycles. The molecule has 1 saturated heterocycles. The number of amides is 1. The van der Waals surface area contributed by atoms with Crippen molar-refractivity contribution in [3.05, 3.63) is 29.6 Å². The summed E-state index contributed by atoms with van der Waals surface area (Å²) in [7, 11) is 4.10. The van der Waals surface area contributed by atoms with Crippen LogP contribution in [-0.4, -0.2) is 71.5 Å². The quantitative estimate of drug-likeness (QED) is 0.833. The minimum Gasteiger partial charge on any atom is -0.345 e. The first kappa shape index (κ1) is 19.1. The number of carbonyl (C=O) groups excluding carboxylic acids is 1. The molecule has 1 N–H and O–H groups in total. The molecule has 0 bridgehead atoms. The van der Waals surface area contributed by atoms with Gasteiger partial charge in [-0.05, 0) is 34.2 Å². The molecule has 1 spiro atoms. The van der Waals surface area contributed by atoms with Crippen molar-refractivity contribution in [3.8, 4) is 0 Å². The molecular weight excluding hydrogens is 356 g/mol. The van der Waals surface area contributed by atoms with Crippen molar-refractivity contribution in [2.24, 2.45) is 7.05 Å². The number of rotatable bonds is 3. The highest BCUT2D eigenvalue weighted by molar-refractivity contribution is 5.91. The number of aromatic nitrogens is 5. The lowest BCUT2D eigenvalue weighted by Gasteiger charge is -2.43. The third kappa shape index (κ3) is 3.56. The maximum atomic E-state index is 12.7. The van der Waals surface area contributed by atoms with Gasteiger partial charge in [-0.2, -0.15) is 5.10 Å². The summed E-state index contributed by atoms with van der Waals surface area (Å²) < 4.78 is 3.87. The average molecular weight is 387 g/mol. The lowest BCUT2D eigenvalue weighted by atomic mass is 9.94. The molecule has 152 valence electrons. The van der Waals surface area contributed by atoms with E-state index >= 15 is 0 Å². The Morgan fingerprint density at radius 1 is 1.25 bits per heavy atom. The molecule has 2 aromatic heterocycles. The van der Waals surface area contributed by atoms with Crippen molar-refractivity contribution < 1.29 is 4.79 Å². The van der Waals surface area contributed by atoms with E-state index in [1.807, 2.05) is 43.3 Å². The third-order valence-corrected chi connectivity index (χ3v) is 5.74. The Hall–Kier alpha value is -2.26. The number of hydrogen-bond donors (Lipinski definition) is 1. The number of hydrogen-bond acceptors (Lipinski definition) is 6. The summed E-state index contributed by atoms with van der Waals surface area (Å²) in [5, 5.41) is 15.8. The molecule has 4 rings (SSSR count). The summed E-state index contributed by atoms with van der Waals surface area (Å²) in [5.41, 5.74) is 0.919. The largest absolute Gasteiger partial charge is 0.345 e. The molecule has 2 aliphatic heterocycles. The summed E-state index contributed by atoms with van der Waals surface area (Å²) in [4.78, 5) is 17.6. The zero-order valence-corrected chi connectivity index (χ0v) is 17.4. The van der Waals surface area contributed by atoms with Gasteiger partial charge in [0.15, 0.2) is 0 Å². The molecular formula is C19H30N8O. The minimum absolute atomic E-state index is 0.00560. The number of aryl methyl sites for hydroxylation is 1. The molecule has 0 radical (unpaired) electrons. The molecule has 1 unspecified atom stereocenters. The zero-order valence-electron chi connectivity index (χ0n) is 17.4. The summed E-state index contributed by atoms with van der Waals surface area (Å²) in [5.74, 6) is 1.12. The van der Waals surface area contributed by atoms with Crippen LogP contribution in [0.1, 0.15) is 49.2 Å². The predicted octanol–water partition coefficient (Wildman–Crippen LogP) is 0.630. The molecule has 1 atom stereocenters. The minimum atomic E-state index is -0.305. The molecule has 9 heteroatoms. The van der Waals surface area contributed by atoms with Gasteiger partial charge in [-0.15, -0.1) is 10.2 Å². The Morgan fingerprint density at radius 2 is 2.04 bits per heavy atom. The summed E-state index contributed by atoms with van der Waals surface area (Å²) in [6.45, 7) is 10.2. The first-order valence-electron chi connectivity index (χ1n) is 9.81. The van der Waals surface area contributed by atoms with Crippen LogP contribution in [0.5, 0.6) is 0 Å². The Kier molecular flexibility index (Phi) is 4.54. The van der Waals surface area contributed by atoms with Crippen molar-refractivity contribution in [1.82, 2.24) is 39.7 Å². The SMILES string of the molecule is CN1Cc2nnc(C(=O)NC(C)(C)C)n2CC12CCN(Cc1cnn(C)c1)C2. The van der Waals surface area contributed by atoms with Crippen molar-refractivity contribution in [1.29, 1.82) is 0 Å². The van der Waals surface area contributed by atoms with Crippen LogP contribution in [-0.2, 0) is 26.7 Å². The molecule has 9 nitrogen and oxygen atoms in total. The van der Waals surface area contributed by atoms with Crippen LogP contribution in [0.25, 0.3) is 0 Å². The summed E-state index contributed by atoms with van der Waals surface area (Å²) in [6.07, 6.45) is 5.06. The second-order valence-corrected chi connectivity index (χ2v) is 9.29. The first-order valence-corrected chi connectivity index (χ1v) is 9.81. The molecule has 2 aromatic rings. The van der Waals surface area contributed by atoms with E-state index in [4.69, 9.17) is 0 Å². The van der Waals surface area contributed by atoms with Gasteiger partial charge in [0.05, 0.1) is 18.3 Å². The molecule has 0 saturated carbocycles. The number of nitrogens with one attached hydrogen (secondary N) is 1. The number of likely N-dealkylation sites (N-methyl/N-ethyl adjacent to an activating group) is 1. The standard InChI is InChI=1S/C19H30N8O/c1-18(2,3)21-17(28)16-23-22-15-11-24(4)19(13-27(15)16)6-7-26(12-19)10-14-8-20-25(5)9-14/h8-9H,6-7,10-13H2,1-5H3,(H,21,28). The monoisotopic (exact) mass is 386 g/mol. The van der Waals surface area contributed by atoms with E-state index < -0.39 is 0 Å². The van der Waals surface area contributed by atoms with E-state index in [0.717, 1.165) is 38.4 Å².